The molecule has 1 unspecified atom stereocenters. The number of carbonyl (C=O) groups excluding carboxylic acids is 1. The number of amides is 1. The number of rotatable bonds is 5. The van der Waals surface area contributed by atoms with Gasteiger partial charge >= 0.3 is 0 Å². The van der Waals surface area contributed by atoms with Crippen molar-refractivity contribution in [1.29, 1.82) is 0 Å². The zero-order valence-electron chi connectivity index (χ0n) is 16.5. The number of methoxy groups -OCH3 is 1. The van der Waals surface area contributed by atoms with Crippen LogP contribution in [0.2, 0.25) is 0 Å². The average molecular weight is 407 g/mol. The van der Waals surface area contributed by atoms with E-state index < -0.39 is 0 Å². The highest BCUT2D eigenvalue weighted by atomic mass is 16.7. The molecule has 2 aromatic carbocycles. The fourth-order valence-electron chi connectivity index (χ4n) is 3.61. The number of aromatic nitrogens is 2. The van der Waals surface area contributed by atoms with Crippen LogP contribution in [0.3, 0.4) is 0 Å². The summed E-state index contributed by atoms with van der Waals surface area (Å²) in [6.45, 7) is 1.55. The topological polar surface area (TPSA) is 83.8 Å². The number of carbonyl (C=O) groups is 1. The monoisotopic (exact) mass is 407 g/mol. The van der Waals surface area contributed by atoms with Gasteiger partial charge in [-0.2, -0.15) is 5.10 Å². The molecule has 1 aromatic heterocycles. The molecule has 3 aromatic rings. The molecular weight excluding hydrogens is 386 g/mol. The van der Waals surface area contributed by atoms with Crippen LogP contribution < -0.4 is 19.5 Å². The summed E-state index contributed by atoms with van der Waals surface area (Å²) in [6.07, 6.45) is -0.167. The van der Waals surface area contributed by atoms with Crippen LogP contribution in [0.1, 0.15) is 33.4 Å². The molecule has 5 rings (SSSR count). The van der Waals surface area contributed by atoms with E-state index in [-0.39, 0.29) is 18.8 Å². The van der Waals surface area contributed by atoms with Crippen LogP contribution in [0, 0.1) is 0 Å². The SMILES string of the molecule is COc1cccc(CNC(=O)c2cc3n(n2)CC(c2ccc4c(c2)OCO4)OC3)c1. The summed E-state index contributed by atoms with van der Waals surface area (Å²) in [4.78, 5) is 12.6. The second-order valence-corrected chi connectivity index (χ2v) is 7.15. The number of hydrogen-bond acceptors (Lipinski definition) is 6. The molecule has 0 aliphatic carbocycles. The largest absolute Gasteiger partial charge is 0.497 e. The maximum absolute atomic E-state index is 12.6. The first-order chi connectivity index (χ1) is 14.7. The van der Waals surface area contributed by atoms with Crippen molar-refractivity contribution in [3.05, 3.63) is 71.0 Å². The van der Waals surface area contributed by atoms with E-state index >= 15 is 0 Å². The second kappa shape index (κ2) is 7.72. The highest BCUT2D eigenvalue weighted by molar-refractivity contribution is 5.92. The summed E-state index contributed by atoms with van der Waals surface area (Å²) >= 11 is 0. The van der Waals surface area contributed by atoms with Gasteiger partial charge in [-0.25, -0.2) is 0 Å². The summed E-state index contributed by atoms with van der Waals surface area (Å²) in [5.41, 5.74) is 3.20. The number of nitrogens with one attached hydrogen (secondary N) is 1. The van der Waals surface area contributed by atoms with Crippen LogP contribution in [0.4, 0.5) is 0 Å². The first-order valence-corrected chi connectivity index (χ1v) is 9.68. The zero-order valence-corrected chi connectivity index (χ0v) is 16.5. The molecule has 0 saturated heterocycles. The van der Waals surface area contributed by atoms with E-state index in [9.17, 15) is 4.79 Å². The summed E-state index contributed by atoms with van der Waals surface area (Å²) in [5.74, 6) is 1.99. The Morgan fingerprint density at radius 3 is 3.00 bits per heavy atom. The quantitative estimate of drug-likeness (QED) is 0.700. The molecule has 0 spiro atoms. The van der Waals surface area contributed by atoms with E-state index in [2.05, 4.69) is 10.4 Å². The van der Waals surface area contributed by atoms with Crippen molar-refractivity contribution in [3.8, 4) is 17.2 Å². The molecular formula is C22H21N3O5. The van der Waals surface area contributed by atoms with E-state index in [4.69, 9.17) is 18.9 Å². The Morgan fingerprint density at radius 1 is 1.20 bits per heavy atom. The lowest BCUT2D eigenvalue weighted by Crippen LogP contribution is -2.24. The van der Waals surface area contributed by atoms with E-state index in [1.165, 1.54) is 0 Å². The Bertz CT molecular complexity index is 1090. The van der Waals surface area contributed by atoms with E-state index in [1.54, 1.807) is 13.2 Å². The van der Waals surface area contributed by atoms with Crippen molar-refractivity contribution in [2.75, 3.05) is 13.9 Å². The van der Waals surface area contributed by atoms with Gasteiger partial charge in [0, 0.05) is 6.54 Å². The average Bonchev–Trinajstić information content (AvgIpc) is 3.43. The number of ether oxygens (including phenoxy) is 4. The standard InChI is InChI=1S/C22H21N3O5/c1-27-17-4-2-3-14(7-17)10-23-22(26)18-9-16-12-28-21(11-25(16)24-18)15-5-6-19-20(8-15)30-13-29-19/h2-9,21H,10-13H2,1H3,(H,23,26). The molecule has 8 nitrogen and oxygen atoms in total. The maximum atomic E-state index is 12.6. The minimum Gasteiger partial charge on any atom is -0.497 e. The third kappa shape index (κ3) is 3.57. The molecule has 30 heavy (non-hydrogen) atoms. The second-order valence-electron chi connectivity index (χ2n) is 7.15. The van der Waals surface area contributed by atoms with Gasteiger partial charge in [-0.05, 0) is 41.5 Å². The summed E-state index contributed by atoms with van der Waals surface area (Å²) in [5, 5.41) is 7.39. The molecule has 2 aliphatic heterocycles. The maximum Gasteiger partial charge on any atom is 0.272 e. The van der Waals surface area contributed by atoms with Gasteiger partial charge in [0.1, 0.15) is 11.9 Å². The third-order valence-electron chi connectivity index (χ3n) is 5.22. The number of hydrogen-bond donors (Lipinski definition) is 1. The van der Waals surface area contributed by atoms with E-state index in [0.29, 0.717) is 25.4 Å². The minimum atomic E-state index is -0.223. The molecule has 1 amide bonds. The van der Waals surface area contributed by atoms with E-state index in [0.717, 1.165) is 34.1 Å². The molecule has 1 atom stereocenters. The van der Waals surface area contributed by atoms with Crippen molar-refractivity contribution < 1.29 is 23.7 Å². The molecule has 0 radical (unpaired) electrons. The van der Waals surface area contributed by atoms with Gasteiger partial charge in [0.2, 0.25) is 6.79 Å². The van der Waals surface area contributed by atoms with E-state index in [1.807, 2.05) is 47.1 Å². The summed E-state index contributed by atoms with van der Waals surface area (Å²) < 4.78 is 23.9. The molecule has 0 fully saturated rings. The molecule has 3 heterocycles. The van der Waals surface area contributed by atoms with Crippen LogP contribution in [-0.2, 0) is 24.4 Å². The number of nitrogens with zero attached hydrogens (tertiary/aromatic N) is 2. The number of fused-ring (bicyclic) bond motifs is 2. The lowest BCUT2D eigenvalue weighted by atomic mass is 10.1. The highest BCUT2D eigenvalue weighted by Gasteiger charge is 2.25. The molecule has 0 bridgehead atoms. The predicted molar refractivity (Wildman–Crippen MR) is 106 cm³/mol. The fraction of sp³-hybridized carbons (Fsp3) is 0.273. The molecule has 1 N–H and O–H groups in total. The van der Waals surface area contributed by atoms with Crippen LogP contribution in [0.5, 0.6) is 17.2 Å². The van der Waals surface area contributed by atoms with Crippen molar-refractivity contribution in [1.82, 2.24) is 15.1 Å². The fourth-order valence-corrected chi connectivity index (χ4v) is 3.61. The Balaban J connectivity index is 1.26. The van der Waals surface area contributed by atoms with Crippen LogP contribution in [-0.4, -0.2) is 29.6 Å². The van der Waals surface area contributed by atoms with Crippen LogP contribution in [0.15, 0.2) is 48.5 Å². The van der Waals surface area contributed by atoms with Gasteiger partial charge in [-0.3, -0.25) is 9.48 Å². The van der Waals surface area contributed by atoms with Crippen molar-refractivity contribution >= 4 is 5.91 Å². The lowest BCUT2D eigenvalue weighted by molar-refractivity contribution is -0.00128. The van der Waals surface area contributed by atoms with Crippen LogP contribution in [0.25, 0.3) is 0 Å². The van der Waals surface area contributed by atoms with Crippen molar-refractivity contribution in [3.63, 3.8) is 0 Å². The van der Waals surface area contributed by atoms with Crippen LogP contribution >= 0.6 is 0 Å². The van der Waals surface area contributed by atoms with Gasteiger partial charge in [-0.15, -0.1) is 0 Å². The highest BCUT2D eigenvalue weighted by Crippen LogP contribution is 2.36. The Labute approximate surface area is 173 Å². The Morgan fingerprint density at radius 2 is 2.10 bits per heavy atom. The molecule has 8 heteroatoms. The molecule has 154 valence electrons. The molecule has 2 aliphatic rings. The summed E-state index contributed by atoms with van der Waals surface area (Å²) in [6, 6.07) is 15.1. The summed E-state index contributed by atoms with van der Waals surface area (Å²) in [7, 11) is 1.62. The molecule has 0 saturated carbocycles. The minimum absolute atomic E-state index is 0.167. The lowest BCUT2D eigenvalue weighted by Gasteiger charge is -2.24. The Kier molecular flexibility index (Phi) is 4.76. The zero-order chi connectivity index (χ0) is 20.5. The first-order valence-electron chi connectivity index (χ1n) is 9.68. The predicted octanol–water partition coefficient (Wildman–Crippen LogP) is 2.82. The normalized spacial score (nSPS) is 16.8. The van der Waals surface area contributed by atoms with Gasteiger partial charge in [0.15, 0.2) is 17.2 Å². The van der Waals surface area contributed by atoms with Gasteiger partial charge in [-0.1, -0.05) is 18.2 Å². The number of benzene rings is 2. The van der Waals surface area contributed by atoms with Crippen molar-refractivity contribution in [2.45, 2.75) is 25.8 Å². The third-order valence-corrected chi connectivity index (χ3v) is 5.22. The Hall–Kier alpha value is -3.52. The van der Waals surface area contributed by atoms with Gasteiger partial charge < -0.3 is 24.3 Å². The first kappa shape index (κ1) is 18.5. The smallest absolute Gasteiger partial charge is 0.272 e. The van der Waals surface area contributed by atoms with Crippen molar-refractivity contribution in [2.24, 2.45) is 0 Å². The van der Waals surface area contributed by atoms with Gasteiger partial charge in [0.25, 0.3) is 5.91 Å². The van der Waals surface area contributed by atoms with Gasteiger partial charge in [0.05, 0.1) is 26.0 Å².